The smallest absolute Gasteiger partial charge is 0.247 e. The second kappa shape index (κ2) is 9.30. The molecule has 34 heavy (non-hydrogen) atoms. The molecule has 0 saturated carbocycles. The van der Waals surface area contributed by atoms with Gasteiger partial charge in [0.15, 0.2) is 0 Å². The third-order valence-corrected chi connectivity index (χ3v) is 7.29. The zero-order chi connectivity index (χ0) is 23.7. The maximum absolute atomic E-state index is 13.8. The maximum Gasteiger partial charge on any atom is 0.247 e. The lowest BCUT2D eigenvalue weighted by Gasteiger charge is -2.29. The number of furan rings is 1. The minimum absolute atomic E-state index is 0.112. The summed E-state index contributed by atoms with van der Waals surface area (Å²) in [4.78, 5) is 28.8. The molecule has 0 bridgehead atoms. The number of aromatic nitrogens is 1. The van der Waals surface area contributed by atoms with Crippen LogP contribution in [0.15, 0.2) is 76.4 Å². The molecular weight excluding hydrogens is 450 g/mol. The highest BCUT2D eigenvalue weighted by atomic mass is 32.2. The van der Waals surface area contributed by atoms with Crippen LogP contribution in [0.25, 0.3) is 10.9 Å². The van der Waals surface area contributed by atoms with Crippen LogP contribution in [0.1, 0.15) is 22.9 Å². The summed E-state index contributed by atoms with van der Waals surface area (Å²) in [5.41, 5.74) is 2.73. The van der Waals surface area contributed by atoms with E-state index in [0.29, 0.717) is 11.5 Å². The minimum atomic E-state index is -0.802. The predicted octanol–water partition coefficient (Wildman–Crippen LogP) is 4.27. The SMILES string of the molecule is COc1ccccc1CNC(=O)[C@@H]1c2c(n(C)c3ccccc23)SCC(=O)N1Cc1ccco1. The Balaban J connectivity index is 1.58. The summed E-state index contributed by atoms with van der Waals surface area (Å²) in [6.45, 7) is 0.497. The minimum Gasteiger partial charge on any atom is -0.496 e. The number of hydrogen-bond acceptors (Lipinski definition) is 5. The number of amides is 2. The van der Waals surface area contributed by atoms with E-state index < -0.39 is 6.04 Å². The molecule has 7 nitrogen and oxygen atoms in total. The number of rotatable bonds is 6. The topological polar surface area (TPSA) is 76.7 Å². The van der Waals surface area contributed by atoms with E-state index in [1.807, 2.05) is 61.6 Å². The molecular formula is C26H25N3O4S. The van der Waals surface area contributed by atoms with Crippen LogP contribution in [0.3, 0.4) is 0 Å². The standard InChI is InChI=1S/C26H25N3O4S/c1-28-20-11-5-4-10-19(20)23-24(25(31)27-14-17-8-3-6-12-21(17)32-2)29(15-18-9-7-13-33-18)22(30)16-34-26(23)28/h3-13,24H,14-16H2,1-2H3,(H,27,31)/t24-/m0/s1. The lowest BCUT2D eigenvalue weighted by molar-refractivity contribution is -0.139. The molecule has 2 aromatic carbocycles. The van der Waals surface area contributed by atoms with Crippen molar-refractivity contribution in [2.75, 3.05) is 12.9 Å². The fraction of sp³-hybridized carbons (Fsp3) is 0.231. The summed E-state index contributed by atoms with van der Waals surface area (Å²) in [6, 6.07) is 18.4. The number of methoxy groups -OCH3 is 1. The maximum atomic E-state index is 13.8. The van der Waals surface area contributed by atoms with Crippen molar-refractivity contribution in [1.29, 1.82) is 0 Å². The molecule has 5 rings (SSSR count). The van der Waals surface area contributed by atoms with Gasteiger partial charge in [-0.1, -0.05) is 48.2 Å². The average molecular weight is 476 g/mol. The third-order valence-electron chi connectivity index (χ3n) is 6.13. The van der Waals surface area contributed by atoms with Crippen LogP contribution < -0.4 is 10.1 Å². The van der Waals surface area contributed by atoms with Crippen molar-refractivity contribution in [3.63, 3.8) is 0 Å². The number of thioether (sulfide) groups is 1. The van der Waals surface area contributed by atoms with Gasteiger partial charge in [0.25, 0.3) is 0 Å². The van der Waals surface area contributed by atoms with Gasteiger partial charge in [-0.05, 0) is 24.3 Å². The zero-order valence-electron chi connectivity index (χ0n) is 19.0. The van der Waals surface area contributed by atoms with E-state index in [4.69, 9.17) is 9.15 Å². The number of nitrogens with zero attached hydrogens (tertiary/aromatic N) is 2. The van der Waals surface area contributed by atoms with E-state index in [9.17, 15) is 9.59 Å². The first-order valence-electron chi connectivity index (χ1n) is 11.0. The molecule has 174 valence electrons. The van der Waals surface area contributed by atoms with Gasteiger partial charge >= 0.3 is 0 Å². The quantitative estimate of drug-likeness (QED) is 0.451. The number of benzene rings is 2. The van der Waals surface area contributed by atoms with Crippen LogP contribution >= 0.6 is 11.8 Å². The lowest BCUT2D eigenvalue weighted by Crippen LogP contribution is -2.43. The summed E-state index contributed by atoms with van der Waals surface area (Å²) in [6.07, 6.45) is 1.58. The van der Waals surface area contributed by atoms with E-state index in [2.05, 4.69) is 9.88 Å². The van der Waals surface area contributed by atoms with Gasteiger partial charge in [0.2, 0.25) is 11.8 Å². The van der Waals surface area contributed by atoms with E-state index in [-0.39, 0.29) is 30.7 Å². The molecule has 0 aliphatic carbocycles. The molecule has 4 aromatic rings. The van der Waals surface area contributed by atoms with Crippen molar-refractivity contribution < 1.29 is 18.7 Å². The Hall–Kier alpha value is -3.65. The Kier molecular flexibility index (Phi) is 6.06. The number of aryl methyl sites for hydroxylation is 1. The molecule has 8 heteroatoms. The van der Waals surface area contributed by atoms with Crippen LogP contribution in [0.4, 0.5) is 0 Å². The number of hydrogen-bond donors (Lipinski definition) is 1. The molecule has 2 amide bonds. The number of nitrogens with one attached hydrogen (secondary N) is 1. The highest BCUT2D eigenvalue weighted by Crippen LogP contribution is 2.42. The van der Waals surface area contributed by atoms with E-state index in [1.54, 1.807) is 24.3 Å². The number of ether oxygens (including phenoxy) is 1. The fourth-order valence-electron chi connectivity index (χ4n) is 4.50. The van der Waals surface area contributed by atoms with E-state index >= 15 is 0 Å². The molecule has 1 aliphatic heterocycles. The van der Waals surface area contributed by atoms with Gasteiger partial charge in [-0.3, -0.25) is 9.59 Å². The van der Waals surface area contributed by atoms with Crippen LogP contribution in [-0.4, -0.2) is 34.1 Å². The summed E-state index contributed by atoms with van der Waals surface area (Å²) in [7, 11) is 3.58. The average Bonchev–Trinajstić information content (AvgIpc) is 3.44. The van der Waals surface area contributed by atoms with Gasteiger partial charge in [-0.2, -0.15) is 0 Å². The number of para-hydroxylation sites is 2. The van der Waals surface area contributed by atoms with Crippen molar-refractivity contribution in [3.05, 3.63) is 83.8 Å². The number of carbonyl (C=O) groups is 2. The summed E-state index contributed by atoms with van der Waals surface area (Å²) in [5, 5.41) is 4.94. The Bertz CT molecular complexity index is 1350. The number of carbonyl (C=O) groups excluding carboxylic acids is 2. The zero-order valence-corrected chi connectivity index (χ0v) is 19.8. The second-order valence-corrected chi connectivity index (χ2v) is 9.08. The molecule has 0 radical (unpaired) electrons. The Labute approximate surface area is 201 Å². The van der Waals surface area contributed by atoms with Crippen molar-refractivity contribution in [1.82, 2.24) is 14.8 Å². The molecule has 0 unspecified atom stereocenters. The van der Waals surface area contributed by atoms with Gasteiger partial charge in [0, 0.05) is 35.6 Å². The van der Waals surface area contributed by atoms with Crippen LogP contribution in [0.5, 0.6) is 5.75 Å². The van der Waals surface area contributed by atoms with E-state index in [1.165, 1.54) is 11.8 Å². The van der Waals surface area contributed by atoms with Gasteiger partial charge in [-0.15, -0.1) is 0 Å². The lowest BCUT2D eigenvalue weighted by atomic mass is 10.0. The van der Waals surface area contributed by atoms with Crippen molar-refractivity contribution in [2.24, 2.45) is 7.05 Å². The normalized spacial score (nSPS) is 15.8. The van der Waals surface area contributed by atoms with Gasteiger partial charge < -0.3 is 23.9 Å². The Morgan fingerprint density at radius 3 is 2.74 bits per heavy atom. The van der Waals surface area contributed by atoms with Crippen molar-refractivity contribution >= 4 is 34.5 Å². The van der Waals surface area contributed by atoms with Gasteiger partial charge in [-0.25, -0.2) is 0 Å². The summed E-state index contributed by atoms with van der Waals surface area (Å²) < 4.78 is 13.0. The monoisotopic (exact) mass is 475 g/mol. The summed E-state index contributed by atoms with van der Waals surface area (Å²) in [5.74, 6) is 1.22. The van der Waals surface area contributed by atoms with Crippen LogP contribution in [0.2, 0.25) is 0 Å². The first-order valence-corrected chi connectivity index (χ1v) is 12.0. The molecule has 1 N–H and O–H groups in total. The van der Waals surface area contributed by atoms with Crippen LogP contribution in [-0.2, 0) is 29.7 Å². The molecule has 0 spiro atoms. The third kappa shape index (κ3) is 3.94. The van der Waals surface area contributed by atoms with Crippen molar-refractivity contribution in [2.45, 2.75) is 24.2 Å². The summed E-state index contributed by atoms with van der Waals surface area (Å²) >= 11 is 1.47. The largest absolute Gasteiger partial charge is 0.496 e. The van der Waals surface area contributed by atoms with Gasteiger partial charge in [0.1, 0.15) is 17.6 Å². The Morgan fingerprint density at radius 1 is 1.15 bits per heavy atom. The first-order chi connectivity index (χ1) is 16.6. The van der Waals surface area contributed by atoms with Crippen LogP contribution in [0, 0.1) is 0 Å². The van der Waals surface area contributed by atoms with Gasteiger partial charge in [0.05, 0.1) is 30.7 Å². The number of fused-ring (bicyclic) bond motifs is 3. The highest BCUT2D eigenvalue weighted by Gasteiger charge is 2.39. The Morgan fingerprint density at radius 2 is 1.94 bits per heavy atom. The molecule has 0 saturated heterocycles. The molecule has 1 aliphatic rings. The van der Waals surface area contributed by atoms with Crippen molar-refractivity contribution in [3.8, 4) is 5.75 Å². The fourth-order valence-corrected chi connectivity index (χ4v) is 5.60. The first kappa shape index (κ1) is 22.2. The molecule has 3 heterocycles. The van der Waals surface area contributed by atoms with E-state index in [0.717, 1.165) is 27.1 Å². The highest BCUT2D eigenvalue weighted by molar-refractivity contribution is 8.00. The second-order valence-electron chi connectivity index (χ2n) is 8.12. The molecule has 2 aromatic heterocycles. The predicted molar refractivity (Wildman–Crippen MR) is 130 cm³/mol. The molecule has 0 fully saturated rings. The molecule has 1 atom stereocenters.